The summed E-state index contributed by atoms with van der Waals surface area (Å²) in [4.78, 5) is 15.6. The Labute approximate surface area is 119 Å². The van der Waals surface area contributed by atoms with E-state index in [9.17, 15) is 4.79 Å². The maximum Gasteiger partial charge on any atom is 0.305 e. The quantitative estimate of drug-likeness (QED) is 0.792. The number of hydrogen-bond acceptors (Lipinski definition) is 4. The van der Waals surface area contributed by atoms with Crippen LogP contribution in [-0.4, -0.2) is 29.1 Å². The number of nitrogens with zero attached hydrogens (tertiary/aromatic N) is 2. The molecule has 0 aromatic carbocycles. The van der Waals surface area contributed by atoms with Crippen molar-refractivity contribution in [2.75, 3.05) is 13.7 Å². The zero-order valence-electron chi connectivity index (χ0n) is 10.9. The molecule has 0 spiro atoms. The lowest BCUT2D eigenvalue weighted by Gasteiger charge is -2.05. The van der Waals surface area contributed by atoms with Crippen LogP contribution in [0.3, 0.4) is 0 Å². The van der Waals surface area contributed by atoms with E-state index in [0.717, 1.165) is 21.6 Å². The summed E-state index contributed by atoms with van der Waals surface area (Å²) in [7, 11) is 1.39. The highest BCUT2D eigenvalue weighted by atomic mass is 79.9. The first kappa shape index (κ1) is 13.9. The summed E-state index contributed by atoms with van der Waals surface area (Å²) in [5.74, 6) is 0.536. The largest absolute Gasteiger partial charge is 0.492 e. The van der Waals surface area contributed by atoms with Crippen LogP contribution in [0.25, 0.3) is 5.65 Å². The molecular weight excluding hydrogens is 312 g/mol. The fraction of sp³-hybridized carbons (Fsp3) is 0.385. The predicted molar refractivity (Wildman–Crippen MR) is 74.4 cm³/mol. The van der Waals surface area contributed by atoms with Crippen molar-refractivity contribution in [3.8, 4) is 5.75 Å². The zero-order chi connectivity index (χ0) is 13.8. The Morgan fingerprint density at radius 3 is 2.95 bits per heavy atom. The van der Waals surface area contributed by atoms with Crippen LogP contribution < -0.4 is 4.74 Å². The second-order valence-corrected chi connectivity index (χ2v) is 4.85. The topological polar surface area (TPSA) is 52.8 Å². The van der Waals surface area contributed by atoms with Gasteiger partial charge in [0.25, 0.3) is 0 Å². The van der Waals surface area contributed by atoms with Gasteiger partial charge >= 0.3 is 5.97 Å². The summed E-state index contributed by atoms with van der Waals surface area (Å²) < 4.78 is 12.9. The van der Waals surface area contributed by atoms with Crippen LogP contribution in [-0.2, 0) is 16.0 Å². The number of imidazole rings is 1. The van der Waals surface area contributed by atoms with Gasteiger partial charge in [-0.2, -0.15) is 0 Å². The molecule has 0 atom stereocenters. The highest BCUT2D eigenvalue weighted by molar-refractivity contribution is 9.10. The number of methoxy groups -OCH3 is 1. The van der Waals surface area contributed by atoms with Gasteiger partial charge in [0.05, 0.1) is 30.3 Å². The second-order valence-electron chi connectivity index (χ2n) is 3.99. The van der Waals surface area contributed by atoms with E-state index in [4.69, 9.17) is 4.74 Å². The average molecular weight is 327 g/mol. The molecule has 0 saturated heterocycles. The van der Waals surface area contributed by atoms with Gasteiger partial charge in [-0.25, -0.2) is 4.98 Å². The van der Waals surface area contributed by atoms with Crippen LogP contribution in [0, 0.1) is 0 Å². The number of carbonyl (C=O) groups excluding carboxylic acids is 1. The number of halogens is 1. The summed E-state index contributed by atoms with van der Waals surface area (Å²) in [6.07, 6.45) is 4.70. The number of aryl methyl sites for hydroxylation is 1. The van der Waals surface area contributed by atoms with Gasteiger partial charge in [0.2, 0.25) is 0 Å². The van der Waals surface area contributed by atoms with Gasteiger partial charge in [-0.05, 0) is 22.9 Å². The van der Waals surface area contributed by atoms with Crippen molar-refractivity contribution in [3.63, 3.8) is 0 Å². The number of hydrogen-bond donors (Lipinski definition) is 0. The molecule has 0 amide bonds. The molecule has 0 aliphatic rings. The van der Waals surface area contributed by atoms with E-state index in [-0.39, 0.29) is 5.97 Å². The average Bonchev–Trinajstić information content (AvgIpc) is 2.78. The normalized spacial score (nSPS) is 10.7. The molecule has 0 N–H and O–H groups in total. The summed E-state index contributed by atoms with van der Waals surface area (Å²) in [5, 5.41) is 0. The zero-order valence-corrected chi connectivity index (χ0v) is 12.4. The Kier molecular flexibility index (Phi) is 4.42. The number of rotatable bonds is 5. The maximum atomic E-state index is 11.1. The Morgan fingerprint density at radius 2 is 2.26 bits per heavy atom. The van der Waals surface area contributed by atoms with E-state index >= 15 is 0 Å². The van der Waals surface area contributed by atoms with E-state index < -0.39 is 0 Å². The lowest BCUT2D eigenvalue weighted by Crippen LogP contribution is -2.01. The first-order valence-electron chi connectivity index (χ1n) is 6.00. The van der Waals surface area contributed by atoms with Crippen molar-refractivity contribution in [2.24, 2.45) is 0 Å². The first-order valence-corrected chi connectivity index (χ1v) is 6.80. The molecule has 0 bridgehead atoms. The molecule has 0 radical (unpaired) electrons. The van der Waals surface area contributed by atoms with Crippen molar-refractivity contribution < 1.29 is 14.3 Å². The van der Waals surface area contributed by atoms with Gasteiger partial charge in [-0.1, -0.05) is 0 Å². The third kappa shape index (κ3) is 3.26. The Bertz CT molecular complexity index is 595. The third-order valence-electron chi connectivity index (χ3n) is 2.67. The molecule has 5 nitrogen and oxygen atoms in total. The highest BCUT2D eigenvalue weighted by Crippen LogP contribution is 2.26. The molecule has 2 rings (SSSR count). The maximum absolute atomic E-state index is 11.1. The monoisotopic (exact) mass is 326 g/mol. The summed E-state index contributed by atoms with van der Waals surface area (Å²) >= 11 is 3.45. The molecule has 2 heterocycles. The molecule has 0 fully saturated rings. The van der Waals surface area contributed by atoms with Crippen molar-refractivity contribution in [1.82, 2.24) is 9.38 Å². The Hall–Kier alpha value is -1.56. The lowest BCUT2D eigenvalue weighted by molar-refractivity contribution is -0.140. The minimum Gasteiger partial charge on any atom is -0.492 e. The van der Waals surface area contributed by atoms with Crippen LogP contribution >= 0.6 is 15.9 Å². The van der Waals surface area contributed by atoms with Gasteiger partial charge in [-0.15, -0.1) is 0 Å². The number of pyridine rings is 1. The van der Waals surface area contributed by atoms with Crippen LogP contribution in [0.1, 0.15) is 19.0 Å². The van der Waals surface area contributed by atoms with Crippen molar-refractivity contribution in [1.29, 1.82) is 0 Å². The van der Waals surface area contributed by atoms with Gasteiger partial charge in [0.15, 0.2) is 0 Å². The molecule has 19 heavy (non-hydrogen) atoms. The van der Waals surface area contributed by atoms with Gasteiger partial charge in [0, 0.05) is 24.9 Å². The van der Waals surface area contributed by atoms with Gasteiger partial charge in [0.1, 0.15) is 11.4 Å². The minimum absolute atomic E-state index is 0.228. The molecule has 6 heteroatoms. The first-order chi connectivity index (χ1) is 9.13. The summed E-state index contributed by atoms with van der Waals surface area (Å²) in [6, 6.07) is 1.87. The number of esters is 1. The molecule has 0 unspecified atom stereocenters. The number of fused-ring (bicyclic) bond motifs is 1. The molecule has 0 aliphatic carbocycles. The van der Waals surface area contributed by atoms with E-state index in [1.807, 2.05) is 29.8 Å². The van der Waals surface area contributed by atoms with Crippen molar-refractivity contribution >= 4 is 27.5 Å². The Balaban J connectivity index is 2.22. The fourth-order valence-corrected chi connectivity index (χ4v) is 2.21. The lowest BCUT2D eigenvalue weighted by atomic mass is 10.2. The van der Waals surface area contributed by atoms with E-state index in [1.165, 1.54) is 7.11 Å². The van der Waals surface area contributed by atoms with E-state index in [1.54, 1.807) is 0 Å². The van der Waals surface area contributed by atoms with Crippen molar-refractivity contribution in [2.45, 2.75) is 19.8 Å². The van der Waals surface area contributed by atoms with Crippen LogP contribution in [0.5, 0.6) is 5.75 Å². The molecule has 2 aromatic heterocycles. The molecule has 2 aromatic rings. The standard InChI is InChI=1S/C13H15BrN2O3/c1-3-19-11-6-12-15-9(4-5-13(17)18-2)7-16(12)8-10(11)14/h6-8H,3-5H2,1-2H3. The number of carbonyl (C=O) groups is 1. The summed E-state index contributed by atoms with van der Waals surface area (Å²) in [5.41, 5.74) is 1.65. The van der Waals surface area contributed by atoms with Crippen LogP contribution in [0.2, 0.25) is 0 Å². The third-order valence-corrected chi connectivity index (χ3v) is 3.27. The molecule has 102 valence electrons. The van der Waals surface area contributed by atoms with Crippen LogP contribution in [0.4, 0.5) is 0 Å². The minimum atomic E-state index is -0.228. The Morgan fingerprint density at radius 1 is 1.47 bits per heavy atom. The van der Waals surface area contributed by atoms with E-state index in [2.05, 4.69) is 25.7 Å². The van der Waals surface area contributed by atoms with Gasteiger partial charge in [-0.3, -0.25) is 4.79 Å². The van der Waals surface area contributed by atoms with Gasteiger partial charge < -0.3 is 13.9 Å². The molecular formula is C13H15BrN2O3. The SMILES string of the molecule is CCOc1cc2nc(CCC(=O)OC)cn2cc1Br. The summed E-state index contributed by atoms with van der Waals surface area (Å²) in [6.45, 7) is 2.54. The fourth-order valence-electron chi connectivity index (χ4n) is 1.76. The van der Waals surface area contributed by atoms with Crippen molar-refractivity contribution in [3.05, 3.63) is 28.6 Å². The molecule has 0 aliphatic heterocycles. The number of ether oxygens (including phenoxy) is 2. The second kappa shape index (κ2) is 6.06. The highest BCUT2D eigenvalue weighted by Gasteiger charge is 2.09. The van der Waals surface area contributed by atoms with Crippen LogP contribution in [0.15, 0.2) is 22.9 Å². The number of aromatic nitrogens is 2. The predicted octanol–water partition coefficient (Wildman–Crippen LogP) is 2.60. The smallest absolute Gasteiger partial charge is 0.305 e. The molecule has 0 saturated carbocycles. The van der Waals surface area contributed by atoms with E-state index in [0.29, 0.717) is 19.4 Å².